The minimum absolute atomic E-state index is 0.508. The molecule has 0 atom stereocenters. The van der Waals surface area contributed by atoms with Gasteiger partial charge >= 0.3 is 6.09 Å². The largest absolute Gasteiger partial charge is 0.444 e. The Bertz CT molecular complexity index is 391. The van der Waals surface area contributed by atoms with E-state index in [4.69, 9.17) is 10.5 Å². The second kappa shape index (κ2) is 6.23. The van der Waals surface area contributed by atoms with Gasteiger partial charge in [-0.25, -0.2) is 4.79 Å². The number of halogens is 1. The van der Waals surface area contributed by atoms with E-state index in [1.807, 2.05) is 13.8 Å². The van der Waals surface area contributed by atoms with E-state index in [1.54, 1.807) is 0 Å². The molecule has 1 aromatic rings. The van der Waals surface area contributed by atoms with E-state index in [0.29, 0.717) is 0 Å². The Morgan fingerprint density at radius 1 is 1.41 bits per heavy atom. The van der Waals surface area contributed by atoms with Gasteiger partial charge < -0.3 is 10.5 Å². The molecule has 1 rings (SSSR count). The van der Waals surface area contributed by atoms with Crippen LogP contribution in [0.2, 0.25) is 0 Å². The number of hydrogen-bond acceptors (Lipinski definition) is 2. The van der Waals surface area contributed by atoms with Crippen LogP contribution in [-0.2, 0) is 15.6 Å². The first-order valence-corrected chi connectivity index (χ1v) is 7.08. The van der Waals surface area contributed by atoms with Gasteiger partial charge in [-0.3, -0.25) is 0 Å². The Balaban J connectivity index is 2.57. The summed E-state index contributed by atoms with van der Waals surface area (Å²) in [5, 5.41) is 0. The van der Waals surface area contributed by atoms with Crippen molar-refractivity contribution < 1.29 is 9.53 Å². The lowest BCUT2D eigenvalue weighted by atomic mass is 9.98. The van der Waals surface area contributed by atoms with Crippen molar-refractivity contribution in [2.24, 2.45) is 5.73 Å². The van der Waals surface area contributed by atoms with Gasteiger partial charge in [0.05, 0.1) is 0 Å². The average molecular weight is 347 g/mol. The number of rotatable bonds is 5. The Labute approximate surface area is 116 Å². The lowest BCUT2D eigenvalue weighted by Crippen LogP contribution is -2.31. The summed E-state index contributed by atoms with van der Waals surface area (Å²) in [6.07, 6.45) is 0.932. The Kier molecular flexibility index (Phi) is 5.24. The topological polar surface area (TPSA) is 52.3 Å². The Hall–Kier alpha value is -0.780. The maximum Gasteiger partial charge on any atom is 0.405 e. The normalized spacial score (nSPS) is 11.2. The van der Waals surface area contributed by atoms with Crippen LogP contribution >= 0.6 is 22.6 Å². The molecule has 1 aromatic carbocycles. The quantitative estimate of drug-likeness (QED) is 0.655. The molecule has 0 bridgehead atoms. The minimum atomic E-state index is -0.712. The van der Waals surface area contributed by atoms with Gasteiger partial charge in [-0.2, -0.15) is 0 Å². The van der Waals surface area contributed by atoms with Crippen molar-refractivity contribution in [1.82, 2.24) is 0 Å². The minimum Gasteiger partial charge on any atom is -0.444 e. The molecular formula is C13H18INO2. The van der Waals surface area contributed by atoms with Crippen molar-refractivity contribution in [3.8, 4) is 0 Å². The van der Waals surface area contributed by atoms with Gasteiger partial charge in [-0.05, 0) is 37.8 Å². The van der Waals surface area contributed by atoms with Crippen molar-refractivity contribution in [1.29, 1.82) is 0 Å². The van der Waals surface area contributed by atoms with Gasteiger partial charge in [-0.15, -0.1) is 0 Å². The number of carbonyl (C=O) groups is 1. The van der Waals surface area contributed by atoms with E-state index < -0.39 is 11.7 Å². The lowest BCUT2D eigenvalue weighted by Gasteiger charge is -2.23. The summed E-state index contributed by atoms with van der Waals surface area (Å²) in [4.78, 5) is 10.7. The zero-order valence-corrected chi connectivity index (χ0v) is 12.4. The predicted octanol–water partition coefficient (Wildman–Crippen LogP) is 3.43. The molecule has 2 N–H and O–H groups in total. The molecule has 3 nitrogen and oxygen atoms in total. The fraction of sp³-hybridized carbons (Fsp3) is 0.462. The van der Waals surface area contributed by atoms with Crippen LogP contribution in [0, 0.1) is 0 Å². The molecule has 0 aliphatic rings. The molecule has 1 amide bonds. The van der Waals surface area contributed by atoms with Crippen molar-refractivity contribution in [3.63, 3.8) is 0 Å². The number of amides is 1. The van der Waals surface area contributed by atoms with Gasteiger partial charge in [0.25, 0.3) is 0 Å². The van der Waals surface area contributed by atoms with Crippen LogP contribution in [0.5, 0.6) is 0 Å². The first-order chi connectivity index (χ1) is 7.93. The predicted molar refractivity (Wildman–Crippen MR) is 77.2 cm³/mol. The molecule has 94 valence electrons. The number of aryl methyl sites for hydroxylation is 1. The van der Waals surface area contributed by atoms with Crippen LogP contribution in [0.4, 0.5) is 4.79 Å². The standard InChI is InChI=1S/C13H18INO2/c1-13(2,17-12(15)16)7-6-10-4-3-5-11(8-10)9-14/h3-5,8H,6-7,9H2,1-2H3,(H2,15,16). The van der Waals surface area contributed by atoms with Gasteiger partial charge in [0.2, 0.25) is 0 Å². The maximum absolute atomic E-state index is 10.7. The molecule has 0 unspecified atom stereocenters. The van der Waals surface area contributed by atoms with Gasteiger partial charge in [0.15, 0.2) is 0 Å². The number of hydrogen-bond donors (Lipinski definition) is 1. The highest BCUT2D eigenvalue weighted by molar-refractivity contribution is 14.1. The maximum atomic E-state index is 10.7. The summed E-state index contributed by atoms with van der Waals surface area (Å²) in [5.74, 6) is 0. The van der Waals surface area contributed by atoms with E-state index in [0.717, 1.165) is 17.3 Å². The highest BCUT2D eigenvalue weighted by Crippen LogP contribution is 2.19. The summed E-state index contributed by atoms with van der Waals surface area (Å²) in [5.41, 5.74) is 7.10. The second-order valence-corrected chi connectivity index (χ2v) is 5.40. The van der Waals surface area contributed by atoms with Crippen molar-refractivity contribution in [3.05, 3.63) is 35.4 Å². The Morgan fingerprint density at radius 3 is 2.65 bits per heavy atom. The number of nitrogens with two attached hydrogens (primary N) is 1. The van der Waals surface area contributed by atoms with E-state index in [9.17, 15) is 4.79 Å². The monoisotopic (exact) mass is 347 g/mol. The first kappa shape index (κ1) is 14.3. The second-order valence-electron chi connectivity index (χ2n) is 4.63. The summed E-state index contributed by atoms with van der Waals surface area (Å²) < 4.78 is 6.06. The SMILES string of the molecule is CC(C)(CCc1cccc(CI)c1)OC(N)=O. The molecule has 0 aromatic heterocycles. The highest BCUT2D eigenvalue weighted by Gasteiger charge is 2.21. The van der Waals surface area contributed by atoms with Crippen LogP contribution in [0.1, 0.15) is 31.4 Å². The molecule has 0 saturated heterocycles. The van der Waals surface area contributed by atoms with Crippen LogP contribution in [0.25, 0.3) is 0 Å². The summed E-state index contributed by atoms with van der Waals surface area (Å²) in [7, 11) is 0. The summed E-state index contributed by atoms with van der Waals surface area (Å²) in [6, 6.07) is 8.45. The van der Waals surface area contributed by atoms with Crippen LogP contribution in [-0.4, -0.2) is 11.7 Å². The number of primary amides is 1. The third-order valence-corrected chi connectivity index (χ3v) is 3.42. The van der Waals surface area contributed by atoms with E-state index in [1.165, 1.54) is 11.1 Å². The number of benzene rings is 1. The van der Waals surface area contributed by atoms with Crippen LogP contribution in [0.15, 0.2) is 24.3 Å². The summed E-state index contributed by atoms with van der Waals surface area (Å²) in [6.45, 7) is 3.75. The van der Waals surface area contributed by atoms with Gasteiger partial charge in [-0.1, -0.05) is 46.9 Å². The molecule has 0 saturated carbocycles. The fourth-order valence-corrected chi connectivity index (χ4v) is 2.11. The fourth-order valence-electron chi connectivity index (χ4n) is 1.64. The zero-order chi connectivity index (χ0) is 12.9. The smallest absolute Gasteiger partial charge is 0.405 e. The highest BCUT2D eigenvalue weighted by atomic mass is 127. The first-order valence-electron chi connectivity index (χ1n) is 5.55. The Morgan fingerprint density at radius 2 is 2.06 bits per heavy atom. The molecule has 0 fully saturated rings. The van der Waals surface area contributed by atoms with Gasteiger partial charge in [0.1, 0.15) is 5.60 Å². The average Bonchev–Trinajstić information content (AvgIpc) is 2.25. The summed E-state index contributed by atoms with van der Waals surface area (Å²) >= 11 is 2.34. The molecule has 4 heteroatoms. The molecular weight excluding hydrogens is 329 g/mol. The molecule has 0 aliphatic carbocycles. The van der Waals surface area contributed by atoms with Crippen LogP contribution < -0.4 is 5.73 Å². The van der Waals surface area contributed by atoms with Crippen molar-refractivity contribution in [2.45, 2.75) is 36.7 Å². The molecule has 0 spiro atoms. The molecule has 0 heterocycles. The van der Waals surface area contributed by atoms with Crippen LogP contribution in [0.3, 0.4) is 0 Å². The molecule has 0 radical (unpaired) electrons. The third kappa shape index (κ3) is 5.39. The zero-order valence-electron chi connectivity index (χ0n) is 10.2. The number of ether oxygens (including phenoxy) is 1. The lowest BCUT2D eigenvalue weighted by molar-refractivity contribution is 0.0394. The van der Waals surface area contributed by atoms with E-state index in [-0.39, 0.29) is 0 Å². The molecule has 17 heavy (non-hydrogen) atoms. The van der Waals surface area contributed by atoms with E-state index in [2.05, 4.69) is 46.9 Å². The number of carbonyl (C=O) groups excluding carboxylic acids is 1. The number of alkyl halides is 1. The molecule has 0 aliphatic heterocycles. The van der Waals surface area contributed by atoms with Crippen molar-refractivity contribution in [2.75, 3.05) is 0 Å². The van der Waals surface area contributed by atoms with Gasteiger partial charge in [0, 0.05) is 4.43 Å². The third-order valence-electron chi connectivity index (χ3n) is 2.54. The van der Waals surface area contributed by atoms with Crippen molar-refractivity contribution >= 4 is 28.7 Å². The van der Waals surface area contributed by atoms with E-state index >= 15 is 0 Å².